The monoisotopic (exact) mass is 938 g/mol. The van der Waals surface area contributed by atoms with Crippen molar-refractivity contribution in [2.24, 2.45) is 4.99 Å². The maximum Gasteiger partial charge on any atom is 0.0883 e. The van der Waals surface area contributed by atoms with Gasteiger partial charge in [-0.05, 0) is 138 Å². The average molecular weight is 939 g/mol. The number of aliphatic imine (C=N–C) groups is 1. The van der Waals surface area contributed by atoms with E-state index in [1.54, 1.807) is 0 Å². The van der Waals surface area contributed by atoms with Gasteiger partial charge < -0.3 is 14.4 Å². The number of benzene rings is 7. The van der Waals surface area contributed by atoms with E-state index in [1.807, 2.05) is 30.6 Å². The maximum atomic E-state index is 5.35. The summed E-state index contributed by atoms with van der Waals surface area (Å²) >= 11 is 0. The van der Waals surface area contributed by atoms with Crippen molar-refractivity contribution in [2.45, 2.75) is 36.8 Å². The van der Waals surface area contributed by atoms with Crippen molar-refractivity contribution in [3.05, 3.63) is 294 Å². The molecule has 4 aliphatic rings. The minimum atomic E-state index is -0.643. The number of hydrogen-bond acceptors (Lipinski definition) is 5. The van der Waals surface area contributed by atoms with Crippen LogP contribution in [0.4, 0.5) is 28.4 Å². The number of allylic oxidation sites excluding steroid dienone is 3. The summed E-state index contributed by atoms with van der Waals surface area (Å²) in [6, 6.07) is 81.1. The molecule has 0 saturated carbocycles. The lowest BCUT2D eigenvalue weighted by Crippen LogP contribution is -2.45. The summed E-state index contributed by atoms with van der Waals surface area (Å²) in [5.41, 5.74) is 19.6. The zero-order valence-corrected chi connectivity index (χ0v) is 40.4. The predicted octanol–water partition coefficient (Wildman–Crippen LogP) is 16.0. The molecule has 3 aliphatic carbocycles. The number of para-hydroxylation sites is 4. The largest absolute Gasteiger partial charge is 0.333 e. The van der Waals surface area contributed by atoms with Gasteiger partial charge in [0.15, 0.2) is 0 Å². The summed E-state index contributed by atoms with van der Waals surface area (Å²) in [6.45, 7) is 2.43. The molecule has 1 aliphatic heterocycles. The van der Waals surface area contributed by atoms with Gasteiger partial charge in [-0.1, -0.05) is 146 Å². The van der Waals surface area contributed by atoms with E-state index < -0.39 is 11.0 Å². The molecule has 6 heteroatoms. The summed E-state index contributed by atoms with van der Waals surface area (Å²) in [7, 11) is 0. The number of anilines is 5. The molecule has 73 heavy (non-hydrogen) atoms. The highest BCUT2D eigenvalue weighted by Gasteiger charge is 2.57. The first-order chi connectivity index (χ1) is 36.1. The van der Waals surface area contributed by atoms with Crippen LogP contribution in [0, 0.1) is 0 Å². The number of hydrogen-bond donors (Lipinski definition) is 0. The smallest absolute Gasteiger partial charge is 0.0883 e. The molecular formula is C67H50N6. The molecule has 14 rings (SSSR count). The quantitative estimate of drug-likeness (QED) is 0.145. The lowest BCUT2D eigenvalue weighted by atomic mass is 9.65. The molecule has 10 aromatic rings. The van der Waals surface area contributed by atoms with Gasteiger partial charge in [-0.25, -0.2) is 4.99 Å². The number of pyridine rings is 2. The van der Waals surface area contributed by atoms with Gasteiger partial charge in [0.2, 0.25) is 0 Å². The molecule has 0 fully saturated rings. The van der Waals surface area contributed by atoms with Crippen molar-refractivity contribution in [1.29, 1.82) is 0 Å². The van der Waals surface area contributed by atoms with Crippen molar-refractivity contribution in [3.63, 3.8) is 0 Å². The van der Waals surface area contributed by atoms with Crippen LogP contribution in [-0.4, -0.2) is 25.8 Å². The summed E-state index contributed by atoms with van der Waals surface area (Å²) in [5, 5.41) is 1.22. The highest BCUT2D eigenvalue weighted by Crippen LogP contribution is 2.67. The lowest BCUT2D eigenvalue weighted by Gasteiger charge is -2.45. The van der Waals surface area contributed by atoms with Gasteiger partial charge in [-0.15, -0.1) is 0 Å². The molecule has 348 valence electrons. The van der Waals surface area contributed by atoms with Gasteiger partial charge in [-0.3, -0.25) is 9.97 Å². The molecule has 0 N–H and O–H groups in total. The Morgan fingerprint density at radius 1 is 0.534 bits per heavy atom. The van der Waals surface area contributed by atoms with Crippen LogP contribution >= 0.6 is 0 Å². The highest BCUT2D eigenvalue weighted by molar-refractivity contribution is 6.08. The number of fused-ring (bicyclic) bond motifs is 11. The molecule has 4 heterocycles. The average Bonchev–Trinajstić information content (AvgIpc) is 4.06. The summed E-state index contributed by atoms with van der Waals surface area (Å²) in [4.78, 5) is 20.1. The van der Waals surface area contributed by atoms with Crippen molar-refractivity contribution in [1.82, 2.24) is 14.5 Å². The van der Waals surface area contributed by atoms with Crippen LogP contribution in [0.5, 0.6) is 0 Å². The standard InChI is InChI=1S/C67H50N6/c1-66(73(48-26-10-4-11-27-48)49-28-12-5-13-29-49)39-38-53-52-30-14-16-32-56(52)67(58(53)45-66)57-33-17-15-31-54(57)65-64(67)55-42-50(71(46-22-6-2-7-23-46)47-24-8-3-9-25-47)36-37-63(55)72(65)51-43-61(59-34-18-20-40-68-59)70-62(44-51)60-35-19-21-41-69-60/h2-43,51H,44-45H2,1H3. The van der Waals surface area contributed by atoms with Gasteiger partial charge in [0.25, 0.3) is 0 Å². The first-order valence-electron chi connectivity index (χ1n) is 25.3. The van der Waals surface area contributed by atoms with E-state index in [1.165, 1.54) is 55.6 Å². The van der Waals surface area contributed by atoms with Gasteiger partial charge in [0.05, 0.1) is 45.5 Å². The Kier molecular flexibility index (Phi) is 9.97. The minimum absolute atomic E-state index is 0.139. The lowest BCUT2D eigenvalue weighted by molar-refractivity contribution is 0.528. The first-order valence-corrected chi connectivity index (χ1v) is 25.3. The van der Waals surface area contributed by atoms with Crippen LogP contribution in [0.2, 0.25) is 0 Å². The number of nitrogens with zero attached hydrogens (tertiary/aromatic N) is 6. The van der Waals surface area contributed by atoms with Crippen LogP contribution in [0.25, 0.3) is 33.4 Å². The normalized spacial score (nSPS) is 19.2. The summed E-state index contributed by atoms with van der Waals surface area (Å²) < 4.78 is 2.65. The number of aromatic nitrogens is 3. The Morgan fingerprint density at radius 3 is 1.70 bits per heavy atom. The van der Waals surface area contributed by atoms with Crippen LogP contribution in [-0.2, 0) is 5.41 Å². The summed E-state index contributed by atoms with van der Waals surface area (Å²) in [5.74, 6) is 0. The second-order valence-electron chi connectivity index (χ2n) is 19.7. The highest BCUT2D eigenvalue weighted by atomic mass is 15.2. The SMILES string of the molecule is CC1(N(c2ccccc2)c2ccccc2)C=CC2=C(C1)C1(c3ccccc32)c2ccccc2-c2c1c1cc(N(c3ccccc3)c3ccccc3)ccc1n2C1C=C(c2ccccn2)N=C(c2ccccn2)C1. The van der Waals surface area contributed by atoms with E-state index in [0.29, 0.717) is 6.42 Å². The van der Waals surface area contributed by atoms with E-state index in [9.17, 15) is 0 Å². The fourth-order valence-corrected chi connectivity index (χ4v) is 12.7. The molecule has 7 aromatic carbocycles. The van der Waals surface area contributed by atoms with Crippen LogP contribution < -0.4 is 9.80 Å². The Bertz CT molecular complexity index is 3780. The fraction of sp³-hybridized carbons (Fsp3) is 0.0896. The fourth-order valence-electron chi connectivity index (χ4n) is 12.7. The van der Waals surface area contributed by atoms with Crippen LogP contribution in [0.3, 0.4) is 0 Å². The van der Waals surface area contributed by atoms with E-state index in [2.05, 4.69) is 246 Å². The van der Waals surface area contributed by atoms with E-state index >= 15 is 0 Å². The van der Waals surface area contributed by atoms with E-state index in [4.69, 9.17) is 15.0 Å². The third-order valence-corrected chi connectivity index (χ3v) is 15.5. The molecule has 1 spiro atoms. The van der Waals surface area contributed by atoms with Gasteiger partial charge in [-0.2, -0.15) is 0 Å². The zero-order chi connectivity index (χ0) is 48.5. The Balaban J connectivity index is 1.07. The Labute approximate surface area is 425 Å². The van der Waals surface area contributed by atoms with E-state index in [0.717, 1.165) is 57.7 Å². The predicted molar refractivity (Wildman–Crippen MR) is 299 cm³/mol. The second-order valence-corrected chi connectivity index (χ2v) is 19.7. The molecule has 0 radical (unpaired) electrons. The Morgan fingerprint density at radius 2 is 1.08 bits per heavy atom. The minimum Gasteiger partial charge on any atom is -0.333 e. The van der Waals surface area contributed by atoms with Crippen molar-refractivity contribution in [3.8, 4) is 11.3 Å². The van der Waals surface area contributed by atoms with Gasteiger partial charge >= 0.3 is 0 Å². The third-order valence-electron chi connectivity index (χ3n) is 15.5. The third kappa shape index (κ3) is 6.67. The zero-order valence-electron chi connectivity index (χ0n) is 40.4. The van der Waals surface area contributed by atoms with Gasteiger partial charge in [0, 0.05) is 69.3 Å². The molecule has 0 bridgehead atoms. The molecule has 3 atom stereocenters. The molecule has 3 unspecified atom stereocenters. The molecule has 0 saturated heterocycles. The van der Waals surface area contributed by atoms with Crippen molar-refractivity contribution < 1.29 is 0 Å². The van der Waals surface area contributed by atoms with Crippen molar-refractivity contribution in [2.75, 3.05) is 9.80 Å². The maximum absolute atomic E-state index is 5.35. The number of rotatable bonds is 9. The topological polar surface area (TPSA) is 49.5 Å². The second kappa shape index (κ2) is 17.0. The molecule has 6 nitrogen and oxygen atoms in total. The Hall–Kier alpha value is -9.13. The molecular weight excluding hydrogens is 889 g/mol. The van der Waals surface area contributed by atoms with Crippen LogP contribution in [0.15, 0.2) is 266 Å². The van der Waals surface area contributed by atoms with Crippen LogP contribution in [0.1, 0.15) is 59.4 Å². The molecule has 0 amide bonds. The first kappa shape index (κ1) is 42.7. The summed E-state index contributed by atoms with van der Waals surface area (Å²) in [6.07, 6.45) is 12.4. The van der Waals surface area contributed by atoms with Crippen molar-refractivity contribution >= 4 is 56.3 Å². The van der Waals surface area contributed by atoms with Gasteiger partial charge in [0.1, 0.15) is 0 Å². The van der Waals surface area contributed by atoms with E-state index in [-0.39, 0.29) is 6.04 Å². The molecule has 3 aromatic heterocycles.